The molecule has 2 aromatic heterocycles. The second-order valence-corrected chi connectivity index (χ2v) is 8.11. The minimum Gasteiger partial charge on any atom is -0.503 e. The lowest BCUT2D eigenvalue weighted by Crippen LogP contribution is -2.30. The summed E-state index contributed by atoms with van der Waals surface area (Å²) in [5.74, 6) is -1.31. The summed E-state index contributed by atoms with van der Waals surface area (Å²) in [6.45, 7) is 2.07. The van der Waals surface area contributed by atoms with Gasteiger partial charge in [0.25, 0.3) is 5.91 Å². The Balaban J connectivity index is 1.83. The van der Waals surface area contributed by atoms with E-state index in [-0.39, 0.29) is 11.4 Å². The number of thiophene rings is 2. The number of hydrogen-bond donors (Lipinski definition) is 1. The number of hydrogen-bond acceptors (Lipinski definition) is 5. The van der Waals surface area contributed by atoms with Crippen LogP contribution in [0.3, 0.4) is 0 Å². The fourth-order valence-corrected chi connectivity index (χ4v) is 4.75. The van der Waals surface area contributed by atoms with Gasteiger partial charge in [0.05, 0.1) is 10.5 Å². The van der Waals surface area contributed by atoms with E-state index in [1.807, 2.05) is 47.2 Å². The maximum atomic E-state index is 13.1. The largest absolute Gasteiger partial charge is 0.503 e. The Morgan fingerprint density at radius 3 is 2.37 bits per heavy atom. The topological polar surface area (TPSA) is 57.6 Å². The van der Waals surface area contributed by atoms with Gasteiger partial charge in [0.2, 0.25) is 5.78 Å². The Morgan fingerprint density at radius 2 is 1.78 bits per heavy atom. The highest BCUT2D eigenvalue weighted by molar-refractivity contribution is 7.12. The summed E-state index contributed by atoms with van der Waals surface area (Å²) in [6.07, 6.45) is 0.897. The van der Waals surface area contributed by atoms with Crippen molar-refractivity contribution in [3.05, 3.63) is 85.9 Å². The summed E-state index contributed by atoms with van der Waals surface area (Å²) in [5.41, 5.74) is 1.96. The molecule has 1 atom stereocenters. The van der Waals surface area contributed by atoms with Crippen molar-refractivity contribution in [3.8, 4) is 0 Å². The molecule has 1 unspecified atom stereocenters. The van der Waals surface area contributed by atoms with Crippen LogP contribution in [-0.4, -0.2) is 16.8 Å². The SMILES string of the molecule is CCc1ccc(N2C(=O)C(O)=C(C(=O)c3cccs3)C2c2cccs2)cc1. The van der Waals surface area contributed by atoms with Crippen molar-refractivity contribution in [2.75, 3.05) is 4.90 Å². The lowest BCUT2D eigenvalue weighted by Gasteiger charge is -2.25. The fraction of sp³-hybridized carbons (Fsp3) is 0.143. The van der Waals surface area contributed by atoms with Crippen molar-refractivity contribution in [3.63, 3.8) is 0 Å². The number of Topliss-reactive ketones (excluding diaryl/α,β-unsaturated/α-hetero) is 1. The van der Waals surface area contributed by atoms with E-state index < -0.39 is 17.7 Å². The molecule has 1 amide bonds. The summed E-state index contributed by atoms with van der Waals surface area (Å²) in [6, 6.07) is 14.3. The van der Waals surface area contributed by atoms with Crippen LogP contribution in [0.25, 0.3) is 0 Å². The molecule has 1 aromatic carbocycles. The fourth-order valence-electron chi connectivity index (χ4n) is 3.25. The molecule has 1 aliphatic heterocycles. The third kappa shape index (κ3) is 3.01. The van der Waals surface area contributed by atoms with E-state index in [1.165, 1.54) is 27.6 Å². The molecule has 0 saturated carbocycles. The molecule has 4 rings (SSSR count). The van der Waals surface area contributed by atoms with Crippen LogP contribution in [-0.2, 0) is 11.2 Å². The Hall–Kier alpha value is -2.70. The van der Waals surface area contributed by atoms with Gasteiger partial charge in [-0.05, 0) is 47.0 Å². The standard InChI is InChI=1S/C21H17NO3S2/c1-2-13-7-9-14(10-8-13)22-18(15-5-3-11-26-15)17(20(24)21(22)25)19(23)16-6-4-12-27-16/h3-12,18,24H,2H2,1H3. The van der Waals surface area contributed by atoms with E-state index in [0.29, 0.717) is 10.6 Å². The Morgan fingerprint density at radius 1 is 1.07 bits per heavy atom. The predicted molar refractivity (Wildman–Crippen MR) is 109 cm³/mol. The molecular formula is C21H17NO3S2. The second kappa shape index (κ2) is 7.13. The minimum absolute atomic E-state index is 0.143. The summed E-state index contributed by atoms with van der Waals surface area (Å²) in [7, 11) is 0. The quantitative estimate of drug-likeness (QED) is 0.608. The number of rotatable bonds is 5. The number of amides is 1. The summed E-state index contributed by atoms with van der Waals surface area (Å²) < 4.78 is 0. The molecule has 0 fully saturated rings. The van der Waals surface area contributed by atoms with Gasteiger partial charge >= 0.3 is 0 Å². The zero-order valence-corrected chi connectivity index (χ0v) is 16.2. The van der Waals surface area contributed by atoms with Crippen molar-refractivity contribution in [2.45, 2.75) is 19.4 Å². The molecular weight excluding hydrogens is 378 g/mol. The summed E-state index contributed by atoms with van der Waals surface area (Å²) in [4.78, 5) is 28.9. The highest BCUT2D eigenvalue weighted by atomic mass is 32.1. The van der Waals surface area contributed by atoms with Gasteiger partial charge in [0.1, 0.15) is 6.04 Å². The van der Waals surface area contributed by atoms with E-state index in [4.69, 9.17) is 0 Å². The molecule has 136 valence electrons. The van der Waals surface area contributed by atoms with E-state index in [9.17, 15) is 14.7 Å². The smallest absolute Gasteiger partial charge is 0.294 e. The molecule has 1 aliphatic rings. The van der Waals surface area contributed by atoms with Crippen molar-refractivity contribution in [2.24, 2.45) is 0 Å². The number of benzene rings is 1. The predicted octanol–water partition coefficient (Wildman–Crippen LogP) is 5.15. The zero-order chi connectivity index (χ0) is 19.0. The highest BCUT2D eigenvalue weighted by Gasteiger charge is 2.45. The van der Waals surface area contributed by atoms with Crippen LogP contribution in [0.2, 0.25) is 0 Å². The zero-order valence-electron chi connectivity index (χ0n) is 14.6. The van der Waals surface area contributed by atoms with Crippen molar-refractivity contribution in [1.82, 2.24) is 0 Å². The average Bonchev–Trinajstić information content (AvgIpc) is 3.44. The molecule has 6 heteroatoms. The Labute approximate surface area is 165 Å². The number of ketones is 1. The van der Waals surface area contributed by atoms with Gasteiger partial charge < -0.3 is 5.11 Å². The molecule has 1 N–H and O–H groups in total. The van der Waals surface area contributed by atoms with Gasteiger partial charge in [0, 0.05) is 10.6 Å². The third-order valence-electron chi connectivity index (χ3n) is 4.63. The van der Waals surface area contributed by atoms with E-state index >= 15 is 0 Å². The normalized spacial score (nSPS) is 17.0. The van der Waals surface area contributed by atoms with Crippen LogP contribution in [0, 0.1) is 0 Å². The van der Waals surface area contributed by atoms with Gasteiger partial charge in [0.15, 0.2) is 5.76 Å². The van der Waals surface area contributed by atoms with Crippen LogP contribution >= 0.6 is 22.7 Å². The Kier molecular flexibility index (Phi) is 4.68. The monoisotopic (exact) mass is 395 g/mol. The minimum atomic E-state index is -0.625. The lowest BCUT2D eigenvalue weighted by atomic mass is 10.0. The lowest BCUT2D eigenvalue weighted by molar-refractivity contribution is -0.117. The third-order valence-corrected chi connectivity index (χ3v) is 6.43. The second-order valence-electron chi connectivity index (χ2n) is 6.18. The number of aliphatic hydroxyl groups is 1. The molecule has 0 spiro atoms. The molecule has 0 saturated heterocycles. The van der Waals surface area contributed by atoms with E-state index in [1.54, 1.807) is 12.1 Å². The van der Waals surface area contributed by atoms with Gasteiger partial charge in [-0.15, -0.1) is 22.7 Å². The molecule has 3 heterocycles. The first kappa shape index (κ1) is 17.7. The van der Waals surface area contributed by atoms with Crippen LogP contribution < -0.4 is 4.90 Å². The number of carbonyl (C=O) groups is 2. The summed E-state index contributed by atoms with van der Waals surface area (Å²) in [5, 5.41) is 14.3. The Bertz CT molecular complexity index is 1000. The van der Waals surface area contributed by atoms with Crippen molar-refractivity contribution in [1.29, 1.82) is 0 Å². The first-order valence-corrected chi connectivity index (χ1v) is 10.3. The van der Waals surface area contributed by atoms with E-state index in [0.717, 1.165) is 16.9 Å². The molecule has 4 nitrogen and oxygen atoms in total. The number of aryl methyl sites for hydroxylation is 1. The molecule has 27 heavy (non-hydrogen) atoms. The number of nitrogens with zero attached hydrogens (tertiary/aromatic N) is 1. The first-order valence-electron chi connectivity index (χ1n) is 8.59. The molecule has 3 aromatic rings. The van der Waals surface area contributed by atoms with E-state index in [2.05, 4.69) is 6.92 Å². The van der Waals surface area contributed by atoms with Crippen molar-refractivity contribution >= 4 is 40.1 Å². The van der Waals surface area contributed by atoms with Gasteiger partial charge in [-0.2, -0.15) is 0 Å². The summed E-state index contributed by atoms with van der Waals surface area (Å²) >= 11 is 2.76. The number of carbonyl (C=O) groups excluding carboxylic acids is 2. The van der Waals surface area contributed by atoms with Crippen LogP contribution in [0.15, 0.2) is 70.6 Å². The maximum Gasteiger partial charge on any atom is 0.294 e. The van der Waals surface area contributed by atoms with Crippen LogP contribution in [0.5, 0.6) is 0 Å². The van der Waals surface area contributed by atoms with Crippen LogP contribution in [0.4, 0.5) is 5.69 Å². The highest BCUT2D eigenvalue weighted by Crippen LogP contribution is 2.43. The van der Waals surface area contributed by atoms with Gasteiger partial charge in [-0.3, -0.25) is 14.5 Å². The number of aliphatic hydroxyl groups excluding tert-OH is 1. The average molecular weight is 396 g/mol. The van der Waals surface area contributed by atoms with Crippen molar-refractivity contribution < 1.29 is 14.7 Å². The molecule has 0 radical (unpaired) electrons. The first-order chi connectivity index (χ1) is 13.1. The van der Waals surface area contributed by atoms with Crippen LogP contribution in [0.1, 0.15) is 33.1 Å². The number of anilines is 1. The van der Waals surface area contributed by atoms with Gasteiger partial charge in [-0.25, -0.2) is 0 Å². The van der Waals surface area contributed by atoms with Gasteiger partial charge in [-0.1, -0.05) is 31.2 Å². The molecule has 0 bridgehead atoms. The molecule has 0 aliphatic carbocycles. The maximum absolute atomic E-state index is 13.1.